The lowest BCUT2D eigenvalue weighted by molar-refractivity contribution is -0.0537. The normalized spacial score (nSPS) is 15.6. The molecule has 4 rings (SSSR count). The van der Waals surface area contributed by atoms with Gasteiger partial charge in [0.25, 0.3) is 5.56 Å². The van der Waals surface area contributed by atoms with Crippen molar-refractivity contribution in [2.75, 3.05) is 26.3 Å². The molecule has 0 unspecified atom stereocenters. The minimum atomic E-state index is -0.857. The fourth-order valence-electron chi connectivity index (χ4n) is 4.26. The molecule has 1 N–H and O–H groups in total. The summed E-state index contributed by atoms with van der Waals surface area (Å²) in [5.41, 5.74) is 1.43. The average Bonchev–Trinajstić information content (AvgIpc) is 2.87. The van der Waals surface area contributed by atoms with Crippen molar-refractivity contribution in [3.05, 3.63) is 92.3 Å². The van der Waals surface area contributed by atoms with E-state index in [1.807, 2.05) is 31.3 Å². The molecule has 36 heavy (non-hydrogen) atoms. The Hall–Kier alpha value is -2.51. The van der Waals surface area contributed by atoms with E-state index in [0.29, 0.717) is 41.8 Å². The first kappa shape index (κ1) is 26.6. The van der Waals surface area contributed by atoms with Gasteiger partial charge in [0.15, 0.2) is 0 Å². The third kappa shape index (κ3) is 7.50. The first-order chi connectivity index (χ1) is 17.3. The molecule has 0 bridgehead atoms. The maximum Gasteiger partial charge on any atom is 0.250 e. The van der Waals surface area contributed by atoms with Gasteiger partial charge >= 0.3 is 0 Å². The van der Waals surface area contributed by atoms with E-state index in [1.165, 1.54) is 5.56 Å². The summed E-state index contributed by atoms with van der Waals surface area (Å²) in [7, 11) is 0. The zero-order valence-electron chi connectivity index (χ0n) is 20.5. The number of hydrogen-bond acceptors (Lipinski definition) is 5. The molecule has 1 saturated heterocycles. The molecule has 6 nitrogen and oxygen atoms in total. The molecule has 1 aromatic heterocycles. The second-order valence-corrected chi connectivity index (χ2v) is 10.3. The molecule has 8 heteroatoms. The SMILES string of the molecule is Cc1ccc(=O)n(CCCOc2ccc(CN3CCC(O)(COc4ccc(Cl)c(Cl)c4)CC3)cc2)c1. The molecule has 0 aliphatic carbocycles. The highest BCUT2D eigenvalue weighted by molar-refractivity contribution is 6.42. The molecule has 2 aromatic carbocycles. The summed E-state index contributed by atoms with van der Waals surface area (Å²) in [6.07, 6.45) is 3.91. The molecule has 1 aliphatic heterocycles. The van der Waals surface area contributed by atoms with Crippen molar-refractivity contribution in [3.8, 4) is 11.5 Å². The molecular weight excluding hydrogens is 499 g/mol. The average molecular weight is 531 g/mol. The van der Waals surface area contributed by atoms with Crippen molar-refractivity contribution in [2.24, 2.45) is 0 Å². The Bertz CT molecular complexity index is 1200. The zero-order valence-corrected chi connectivity index (χ0v) is 22.0. The number of aliphatic hydroxyl groups is 1. The Morgan fingerprint density at radius 1 is 0.944 bits per heavy atom. The van der Waals surface area contributed by atoms with Gasteiger partial charge in [-0.15, -0.1) is 0 Å². The van der Waals surface area contributed by atoms with Crippen molar-refractivity contribution in [2.45, 2.75) is 44.9 Å². The topological polar surface area (TPSA) is 63.9 Å². The summed E-state index contributed by atoms with van der Waals surface area (Å²) in [5, 5.41) is 11.8. The van der Waals surface area contributed by atoms with Gasteiger partial charge in [-0.25, -0.2) is 0 Å². The second-order valence-electron chi connectivity index (χ2n) is 9.45. The number of likely N-dealkylation sites (tertiary alicyclic amines) is 1. The molecule has 0 saturated carbocycles. The predicted octanol–water partition coefficient (Wildman–Crippen LogP) is 5.34. The van der Waals surface area contributed by atoms with Gasteiger partial charge in [-0.05, 0) is 61.6 Å². The molecule has 0 spiro atoms. The largest absolute Gasteiger partial charge is 0.494 e. The van der Waals surface area contributed by atoms with Gasteiger partial charge in [-0.1, -0.05) is 41.4 Å². The first-order valence-corrected chi connectivity index (χ1v) is 13.0. The maximum absolute atomic E-state index is 11.9. The summed E-state index contributed by atoms with van der Waals surface area (Å²) in [5.74, 6) is 1.43. The summed E-state index contributed by atoms with van der Waals surface area (Å²) in [4.78, 5) is 14.2. The number of nitrogens with zero attached hydrogens (tertiary/aromatic N) is 2. The minimum absolute atomic E-state index is 0.0140. The maximum atomic E-state index is 11.9. The van der Waals surface area contributed by atoms with E-state index in [-0.39, 0.29) is 12.2 Å². The van der Waals surface area contributed by atoms with Crippen LogP contribution in [0.1, 0.15) is 30.4 Å². The van der Waals surface area contributed by atoms with Crippen LogP contribution in [0.3, 0.4) is 0 Å². The van der Waals surface area contributed by atoms with Gasteiger partial charge in [-0.3, -0.25) is 9.69 Å². The van der Waals surface area contributed by atoms with Gasteiger partial charge in [0.05, 0.1) is 16.7 Å². The van der Waals surface area contributed by atoms with E-state index in [1.54, 1.807) is 28.8 Å². The third-order valence-electron chi connectivity index (χ3n) is 6.46. The van der Waals surface area contributed by atoms with Gasteiger partial charge in [-0.2, -0.15) is 0 Å². The summed E-state index contributed by atoms with van der Waals surface area (Å²) >= 11 is 12.0. The van der Waals surface area contributed by atoms with Crippen LogP contribution in [-0.4, -0.2) is 46.5 Å². The van der Waals surface area contributed by atoms with Crippen molar-refractivity contribution >= 4 is 23.2 Å². The van der Waals surface area contributed by atoms with Crippen LogP contribution in [-0.2, 0) is 13.1 Å². The Labute approximate surface area is 222 Å². The predicted molar refractivity (Wildman–Crippen MR) is 143 cm³/mol. The van der Waals surface area contributed by atoms with Crippen molar-refractivity contribution in [1.82, 2.24) is 9.47 Å². The second kappa shape index (κ2) is 12.2. The van der Waals surface area contributed by atoms with Crippen LogP contribution in [0.5, 0.6) is 11.5 Å². The van der Waals surface area contributed by atoms with Crippen LogP contribution in [0.25, 0.3) is 0 Å². The highest BCUT2D eigenvalue weighted by Gasteiger charge is 2.33. The van der Waals surface area contributed by atoms with E-state index in [9.17, 15) is 9.90 Å². The number of aryl methyl sites for hydroxylation is 2. The van der Waals surface area contributed by atoms with Crippen LogP contribution in [0.4, 0.5) is 0 Å². The Morgan fingerprint density at radius 3 is 2.39 bits per heavy atom. The lowest BCUT2D eigenvalue weighted by Crippen LogP contribution is -2.47. The summed E-state index contributed by atoms with van der Waals surface area (Å²) < 4.78 is 13.4. The molecule has 3 aromatic rings. The Morgan fingerprint density at radius 2 is 1.67 bits per heavy atom. The Balaban J connectivity index is 1.17. The molecule has 1 fully saturated rings. The van der Waals surface area contributed by atoms with Crippen LogP contribution in [0, 0.1) is 6.92 Å². The van der Waals surface area contributed by atoms with E-state index in [0.717, 1.165) is 37.4 Å². The number of benzene rings is 2. The van der Waals surface area contributed by atoms with Crippen molar-refractivity contribution in [1.29, 1.82) is 0 Å². The number of pyridine rings is 1. The molecular formula is C28H32Cl2N2O4. The van der Waals surface area contributed by atoms with Crippen molar-refractivity contribution < 1.29 is 14.6 Å². The smallest absolute Gasteiger partial charge is 0.250 e. The number of hydrogen-bond donors (Lipinski definition) is 1. The Kier molecular flexibility index (Phi) is 8.96. The highest BCUT2D eigenvalue weighted by atomic mass is 35.5. The lowest BCUT2D eigenvalue weighted by atomic mass is 9.92. The monoisotopic (exact) mass is 530 g/mol. The molecule has 192 valence electrons. The van der Waals surface area contributed by atoms with Crippen LogP contribution in [0.2, 0.25) is 10.0 Å². The molecule has 0 amide bonds. The standard InChI is InChI=1S/C28H32Cl2N2O4/c1-21-3-10-27(33)32(18-21)13-2-16-35-23-6-4-22(5-7-23)19-31-14-11-28(34,12-15-31)20-36-24-8-9-25(29)26(30)17-24/h3-10,17-18,34H,2,11-16,19-20H2,1H3. The quantitative estimate of drug-likeness (QED) is 0.358. The number of aromatic nitrogens is 1. The van der Waals surface area contributed by atoms with Crippen molar-refractivity contribution in [3.63, 3.8) is 0 Å². The fraction of sp³-hybridized carbons (Fsp3) is 0.393. The number of ether oxygens (including phenoxy) is 2. The first-order valence-electron chi connectivity index (χ1n) is 12.2. The molecule has 1 aliphatic rings. The number of halogens is 2. The lowest BCUT2D eigenvalue weighted by Gasteiger charge is -2.38. The van der Waals surface area contributed by atoms with Crippen LogP contribution < -0.4 is 15.0 Å². The highest BCUT2D eigenvalue weighted by Crippen LogP contribution is 2.29. The molecule has 0 atom stereocenters. The van der Waals surface area contributed by atoms with Gasteiger partial charge < -0.3 is 19.1 Å². The van der Waals surface area contributed by atoms with Gasteiger partial charge in [0.2, 0.25) is 0 Å². The van der Waals surface area contributed by atoms with Crippen LogP contribution in [0.15, 0.2) is 65.6 Å². The van der Waals surface area contributed by atoms with E-state index < -0.39 is 5.60 Å². The zero-order chi connectivity index (χ0) is 25.5. The van der Waals surface area contributed by atoms with E-state index >= 15 is 0 Å². The van der Waals surface area contributed by atoms with E-state index in [4.69, 9.17) is 32.7 Å². The van der Waals surface area contributed by atoms with E-state index in [2.05, 4.69) is 17.0 Å². The number of piperidine rings is 1. The summed E-state index contributed by atoms with van der Waals surface area (Å²) in [6.45, 7) is 5.79. The minimum Gasteiger partial charge on any atom is -0.494 e. The fourth-order valence-corrected chi connectivity index (χ4v) is 4.54. The van der Waals surface area contributed by atoms with Gasteiger partial charge in [0.1, 0.15) is 23.7 Å². The number of rotatable bonds is 10. The van der Waals surface area contributed by atoms with Gasteiger partial charge in [0, 0.05) is 44.5 Å². The molecule has 2 heterocycles. The van der Waals surface area contributed by atoms with Crippen LogP contribution >= 0.6 is 23.2 Å². The third-order valence-corrected chi connectivity index (χ3v) is 7.20. The molecule has 0 radical (unpaired) electrons. The summed E-state index contributed by atoms with van der Waals surface area (Å²) in [6, 6.07) is 16.7.